The van der Waals surface area contributed by atoms with Crippen LogP contribution in [0.4, 0.5) is 14.9 Å². The predicted octanol–water partition coefficient (Wildman–Crippen LogP) is 3.89. The second kappa shape index (κ2) is 10.1. The first-order valence-electron chi connectivity index (χ1n) is 11.5. The monoisotopic (exact) mass is 516 g/mol. The summed E-state index contributed by atoms with van der Waals surface area (Å²) in [4.78, 5) is 50.8. The number of furan rings is 1. The zero-order valence-electron chi connectivity index (χ0n) is 20.1. The molecule has 2 aromatic heterocycles. The van der Waals surface area contributed by atoms with Gasteiger partial charge in [-0.15, -0.1) is 0 Å². The second-order valence-corrected chi connectivity index (χ2v) is 8.42. The normalized spacial score (nSPS) is 14.3. The minimum atomic E-state index is -0.670. The van der Waals surface area contributed by atoms with Gasteiger partial charge < -0.3 is 24.4 Å². The van der Waals surface area contributed by atoms with E-state index < -0.39 is 23.7 Å². The molecule has 5 rings (SSSR count). The van der Waals surface area contributed by atoms with Gasteiger partial charge in [-0.3, -0.25) is 14.5 Å². The Morgan fingerprint density at radius 1 is 1.08 bits per heavy atom. The molecule has 0 aliphatic carbocycles. The van der Waals surface area contributed by atoms with Crippen molar-refractivity contribution in [2.45, 2.75) is 13.1 Å². The Labute approximate surface area is 215 Å². The molecule has 2 aromatic carbocycles. The number of imide groups is 1. The summed E-state index contributed by atoms with van der Waals surface area (Å²) in [7, 11) is 1.22. The van der Waals surface area contributed by atoms with Crippen LogP contribution >= 0.6 is 0 Å². The minimum Gasteiger partial charge on any atom is -0.463 e. The summed E-state index contributed by atoms with van der Waals surface area (Å²) in [5, 5.41) is 6.05. The average Bonchev–Trinajstić information content (AvgIpc) is 3.59. The van der Waals surface area contributed by atoms with Crippen LogP contribution in [0.25, 0.3) is 17.0 Å². The molecule has 0 radical (unpaired) electrons. The van der Waals surface area contributed by atoms with E-state index in [9.17, 15) is 23.6 Å². The number of para-hydroxylation sites is 1. The van der Waals surface area contributed by atoms with E-state index in [-0.39, 0.29) is 36.2 Å². The van der Waals surface area contributed by atoms with Crippen molar-refractivity contribution < 1.29 is 32.7 Å². The maximum absolute atomic E-state index is 13.1. The first kappa shape index (κ1) is 24.5. The number of hydrogen-bond acceptors (Lipinski definition) is 6. The van der Waals surface area contributed by atoms with Crippen LogP contribution in [0, 0.1) is 5.82 Å². The summed E-state index contributed by atoms with van der Waals surface area (Å²) in [6.45, 7) is -0.209. The highest BCUT2D eigenvalue weighted by molar-refractivity contribution is 6.14. The Kier molecular flexibility index (Phi) is 6.48. The third-order valence-corrected chi connectivity index (χ3v) is 5.89. The van der Waals surface area contributed by atoms with Crippen LogP contribution in [0.5, 0.6) is 0 Å². The van der Waals surface area contributed by atoms with Crippen LogP contribution in [-0.2, 0) is 27.4 Å². The number of hydrogen-bond donors (Lipinski definition) is 2. The fourth-order valence-electron chi connectivity index (χ4n) is 4.11. The van der Waals surface area contributed by atoms with Crippen LogP contribution in [0.1, 0.15) is 21.9 Å². The summed E-state index contributed by atoms with van der Waals surface area (Å²) in [5.41, 5.74) is 1.87. The van der Waals surface area contributed by atoms with Crippen molar-refractivity contribution in [2.75, 3.05) is 12.4 Å². The number of fused-ring (bicyclic) bond motifs is 1. The van der Waals surface area contributed by atoms with Gasteiger partial charge in [-0.25, -0.2) is 14.0 Å². The van der Waals surface area contributed by atoms with Gasteiger partial charge in [0.05, 0.1) is 13.7 Å². The van der Waals surface area contributed by atoms with Crippen molar-refractivity contribution >= 4 is 46.5 Å². The van der Waals surface area contributed by atoms with E-state index in [1.165, 1.54) is 43.5 Å². The Bertz CT molecular complexity index is 1600. The average molecular weight is 516 g/mol. The van der Waals surface area contributed by atoms with Gasteiger partial charge in [0.15, 0.2) is 0 Å². The second-order valence-electron chi connectivity index (χ2n) is 8.42. The van der Waals surface area contributed by atoms with Crippen LogP contribution in [-0.4, -0.2) is 40.4 Å². The number of rotatable bonds is 7. The summed E-state index contributed by atoms with van der Waals surface area (Å²) >= 11 is 0. The third kappa shape index (κ3) is 4.89. The molecule has 1 aliphatic heterocycles. The molecule has 3 heterocycles. The molecule has 4 amide bonds. The lowest BCUT2D eigenvalue weighted by Crippen LogP contribution is -2.30. The number of carbonyl (C=O) groups excluding carboxylic acids is 4. The molecule has 0 unspecified atom stereocenters. The molecular formula is C27H21FN4O6. The largest absolute Gasteiger partial charge is 0.463 e. The SMILES string of the molecule is COC(=O)c1ccc(CN2C(=O)N/C(=C\c3cn(CC(=O)Nc4ccc(F)cc4)c4ccccc34)C2=O)o1. The van der Waals surface area contributed by atoms with Gasteiger partial charge in [0.25, 0.3) is 5.91 Å². The molecule has 4 aromatic rings. The number of anilines is 1. The lowest BCUT2D eigenvalue weighted by Gasteiger charge is -2.09. The number of urea groups is 1. The number of nitrogens with zero attached hydrogens (tertiary/aromatic N) is 2. The topological polar surface area (TPSA) is 123 Å². The molecule has 192 valence electrons. The molecule has 11 heteroatoms. The molecule has 1 aliphatic rings. The molecule has 10 nitrogen and oxygen atoms in total. The van der Waals surface area contributed by atoms with Crippen molar-refractivity contribution in [2.24, 2.45) is 0 Å². The van der Waals surface area contributed by atoms with E-state index in [0.29, 0.717) is 11.3 Å². The van der Waals surface area contributed by atoms with Gasteiger partial charge >= 0.3 is 12.0 Å². The molecule has 1 saturated heterocycles. The zero-order valence-corrected chi connectivity index (χ0v) is 20.1. The Balaban J connectivity index is 1.36. The lowest BCUT2D eigenvalue weighted by atomic mass is 10.1. The van der Waals surface area contributed by atoms with E-state index in [1.807, 2.05) is 24.3 Å². The first-order chi connectivity index (χ1) is 18.3. The third-order valence-electron chi connectivity index (χ3n) is 5.89. The number of benzene rings is 2. The number of methoxy groups -OCH3 is 1. The zero-order chi connectivity index (χ0) is 26.8. The van der Waals surface area contributed by atoms with Gasteiger partial charge in [-0.05, 0) is 48.5 Å². The van der Waals surface area contributed by atoms with Gasteiger partial charge in [0.1, 0.15) is 23.8 Å². The van der Waals surface area contributed by atoms with E-state index in [0.717, 1.165) is 15.8 Å². The van der Waals surface area contributed by atoms with Crippen molar-refractivity contribution in [3.05, 3.63) is 95.5 Å². The Morgan fingerprint density at radius 3 is 2.61 bits per heavy atom. The highest BCUT2D eigenvalue weighted by Crippen LogP contribution is 2.26. The van der Waals surface area contributed by atoms with Gasteiger partial charge in [-0.1, -0.05) is 18.2 Å². The van der Waals surface area contributed by atoms with Gasteiger partial charge in [0.2, 0.25) is 11.7 Å². The van der Waals surface area contributed by atoms with E-state index in [1.54, 1.807) is 16.8 Å². The smallest absolute Gasteiger partial charge is 0.373 e. The molecular weight excluding hydrogens is 495 g/mol. The number of esters is 1. The highest BCUT2D eigenvalue weighted by atomic mass is 19.1. The summed E-state index contributed by atoms with van der Waals surface area (Å²) < 4.78 is 24.8. The van der Waals surface area contributed by atoms with E-state index >= 15 is 0 Å². The fraction of sp³-hybridized carbons (Fsp3) is 0.111. The highest BCUT2D eigenvalue weighted by Gasteiger charge is 2.34. The lowest BCUT2D eigenvalue weighted by molar-refractivity contribution is -0.123. The fourth-order valence-corrected chi connectivity index (χ4v) is 4.11. The molecule has 1 fully saturated rings. The number of halogens is 1. The van der Waals surface area contributed by atoms with Gasteiger partial charge in [0, 0.05) is 28.4 Å². The number of amides is 4. The van der Waals surface area contributed by atoms with Crippen LogP contribution < -0.4 is 10.6 Å². The quantitative estimate of drug-likeness (QED) is 0.218. The number of ether oxygens (including phenoxy) is 1. The predicted molar refractivity (Wildman–Crippen MR) is 134 cm³/mol. The summed E-state index contributed by atoms with van der Waals surface area (Å²) in [6, 6.07) is 15.0. The molecule has 0 spiro atoms. The molecule has 38 heavy (non-hydrogen) atoms. The van der Waals surface area contributed by atoms with Crippen molar-refractivity contribution in [1.29, 1.82) is 0 Å². The van der Waals surface area contributed by atoms with Crippen LogP contribution in [0.3, 0.4) is 0 Å². The maximum atomic E-state index is 13.1. The number of aromatic nitrogens is 1. The summed E-state index contributed by atoms with van der Waals surface area (Å²) in [5.74, 6) is -1.77. The standard InChI is InChI=1S/C27H21FN4O6/c1-37-26(35)23-11-10-19(38-23)14-32-25(34)21(30-27(32)36)12-16-13-31(22-5-3-2-4-20(16)22)15-24(33)29-18-8-6-17(28)7-9-18/h2-13H,14-15H2,1H3,(H,29,33)(H,30,36)/b21-12-. The van der Waals surface area contributed by atoms with Crippen LogP contribution in [0.15, 0.2) is 77.0 Å². The molecule has 2 N–H and O–H groups in total. The minimum absolute atomic E-state index is 0.0332. The van der Waals surface area contributed by atoms with Crippen molar-refractivity contribution in [1.82, 2.24) is 14.8 Å². The molecule has 0 saturated carbocycles. The number of nitrogens with one attached hydrogen (secondary N) is 2. The Hall–Kier alpha value is -5.19. The first-order valence-corrected chi connectivity index (χ1v) is 11.5. The van der Waals surface area contributed by atoms with Crippen molar-refractivity contribution in [3.8, 4) is 0 Å². The summed E-state index contributed by atoms with van der Waals surface area (Å²) in [6.07, 6.45) is 3.25. The maximum Gasteiger partial charge on any atom is 0.373 e. The molecule has 0 bridgehead atoms. The van der Waals surface area contributed by atoms with Gasteiger partial charge in [-0.2, -0.15) is 0 Å². The van der Waals surface area contributed by atoms with Crippen molar-refractivity contribution in [3.63, 3.8) is 0 Å². The number of carbonyl (C=O) groups is 4. The van der Waals surface area contributed by atoms with E-state index in [2.05, 4.69) is 15.4 Å². The van der Waals surface area contributed by atoms with Crippen LogP contribution in [0.2, 0.25) is 0 Å². The Morgan fingerprint density at radius 2 is 1.84 bits per heavy atom. The molecule has 0 atom stereocenters. The van der Waals surface area contributed by atoms with E-state index in [4.69, 9.17) is 4.42 Å².